The minimum atomic E-state index is -0.192. The number of hydrogen-bond acceptors (Lipinski definition) is 6. The predicted molar refractivity (Wildman–Crippen MR) is 124 cm³/mol. The van der Waals surface area contributed by atoms with Gasteiger partial charge in [0.1, 0.15) is 23.4 Å². The van der Waals surface area contributed by atoms with Crippen molar-refractivity contribution < 1.29 is 19.0 Å². The molecule has 0 aromatic heterocycles. The summed E-state index contributed by atoms with van der Waals surface area (Å²) < 4.78 is 17.2. The maximum Gasteiger partial charge on any atom is 0.221 e. The van der Waals surface area contributed by atoms with Crippen LogP contribution < -0.4 is 19.5 Å². The SMILES string of the molecule is COc1cc(OCCCN2CCC(Oc3ccc(C#N)cc3)CC2)c(NC(C)=O)cc1Cl. The van der Waals surface area contributed by atoms with Gasteiger partial charge < -0.3 is 24.4 Å². The average Bonchev–Trinajstić information content (AvgIpc) is 2.79. The van der Waals surface area contributed by atoms with Gasteiger partial charge in [-0.25, -0.2) is 0 Å². The number of likely N-dealkylation sites (tertiary alicyclic amines) is 1. The Hall–Kier alpha value is -2.95. The van der Waals surface area contributed by atoms with Crippen molar-refractivity contribution in [1.82, 2.24) is 4.90 Å². The van der Waals surface area contributed by atoms with Gasteiger partial charge in [0, 0.05) is 32.6 Å². The number of ether oxygens (including phenoxy) is 3. The highest BCUT2D eigenvalue weighted by Crippen LogP contribution is 2.36. The van der Waals surface area contributed by atoms with E-state index in [1.165, 1.54) is 14.0 Å². The third-order valence-corrected chi connectivity index (χ3v) is 5.56. The number of nitrogens with one attached hydrogen (secondary N) is 1. The van der Waals surface area contributed by atoms with Crippen LogP contribution in [-0.2, 0) is 4.79 Å². The van der Waals surface area contributed by atoms with Crippen molar-refractivity contribution in [3.8, 4) is 23.3 Å². The smallest absolute Gasteiger partial charge is 0.221 e. The lowest BCUT2D eigenvalue weighted by molar-refractivity contribution is -0.114. The van der Waals surface area contributed by atoms with Gasteiger partial charge in [-0.15, -0.1) is 0 Å². The summed E-state index contributed by atoms with van der Waals surface area (Å²) in [6.07, 6.45) is 2.97. The van der Waals surface area contributed by atoms with Crippen molar-refractivity contribution in [3.63, 3.8) is 0 Å². The number of rotatable bonds is 9. The lowest BCUT2D eigenvalue weighted by Crippen LogP contribution is -2.39. The number of piperidine rings is 1. The fourth-order valence-electron chi connectivity index (χ4n) is 3.62. The molecule has 1 N–H and O–H groups in total. The van der Waals surface area contributed by atoms with Crippen LogP contribution >= 0.6 is 11.6 Å². The van der Waals surface area contributed by atoms with Crippen LogP contribution in [0.2, 0.25) is 5.02 Å². The minimum absolute atomic E-state index is 0.192. The molecule has 170 valence electrons. The fraction of sp³-hybridized carbons (Fsp3) is 0.417. The van der Waals surface area contributed by atoms with Crippen molar-refractivity contribution >= 4 is 23.2 Å². The topological polar surface area (TPSA) is 83.8 Å². The Morgan fingerprint density at radius 1 is 1.22 bits per heavy atom. The number of amides is 1. The van der Waals surface area contributed by atoms with Crippen molar-refractivity contribution in [3.05, 3.63) is 47.0 Å². The molecule has 1 aliphatic heterocycles. The Bertz CT molecular complexity index is 951. The summed E-state index contributed by atoms with van der Waals surface area (Å²) in [5.74, 6) is 1.66. The number of benzene rings is 2. The number of halogens is 1. The molecule has 0 aliphatic carbocycles. The number of hydrogen-bond donors (Lipinski definition) is 1. The number of nitriles is 1. The minimum Gasteiger partial charge on any atom is -0.495 e. The van der Waals surface area contributed by atoms with Crippen molar-refractivity contribution in [1.29, 1.82) is 5.26 Å². The van der Waals surface area contributed by atoms with E-state index >= 15 is 0 Å². The van der Waals surface area contributed by atoms with E-state index in [-0.39, 0.29) is 12.0 Å². The maximum atomic E-state index is 11.5. The number of carbonyl (C=O) groups is 1. The highest BCUT2D eigenvalue weighted by Gasteiger charge is 2.20. The van der Waals surface area contributed by atoms with Crippen LogP contribution in [0.25, 0.3) is 0 Å². The summed E-state index contributed by atoms with van der Waals surface area (Å²) in [6, 6.07) is 12.7. The summed E-state index contributed by atoms with van der Waals surface area (Å²) >= 11 is 6.16. The lowest BCUT2D eigenvalue weighted by Gasteiger charge is -2.32. The molecule has 3 rings (SSSR count). The predicted octanol–water partition coefficient (Wildman–Crippen LogP) is 4.49. The summed E-state index contributed by atoms with van der Waals surface area (Å²) in [7, 11) is 1.54. The molecule has 1 amide bonds. The second kappa shape index (κ2) is 11.6. The molecule has 8 heteroatoms. The molecule has 32 heavy (non-hydrogen) atoms. The second-order valence-corrected chi connectivity index (χ2v) is 8.07. The molecule has 0 spiro atoms. The van der Waals surface area contributed by atoms with Gasteiger partial charge in [0.05, 0.1) is 36.1 Å². The van der Waals surface area contributed by atoms with E-state index in [1.54, 1.807) is 24.3 Å². The fourth-order valence-corrected chi connectivity index (χ4v) is 3.86. The third-order valence-electron chi connectivity index (χ3n) is 5.26. The van der Waals surface area contributed by atoms with Gasteiger partial charge in [-0.2, -0.15) is 5.26 Å². The Balaban J connectivity index is 1.42. The molecule has 1 aliphatic rings. The summed E-state index contributed by atoms with van der Waals surface area (Å²) in [5.41, 5.74) is 1.17. The van der Waals surface area contributed by atoms with Crippen molar-refractivity contribution in [2.24, 2.45) is 0 Å². The first kappa shape index (κ1) is 23.7. The van der Waals surface area contributed by atoms with Crippen LogP contribution in [0.1, 0.15) is 31.7 Å². The molecular weight excluding hydrogens is 430 g/mol. The van der Waals surface area contributed by atoms with E-state index in [0.29, 0.717) is 34.4 Å². The van der Waals surface area contributed by atoms with Crippen LogP contribution in [0.3, 0.4) is 0 Å². The van der Waals surface area contributed by atoms with Crippen molar-refractivity contribution in [2.45, 2.75) is 32.3 Å². The molecule has 0 unspecified atom stereocenters. The van der Waals surface area contributed by atoms with Gasteiger partial charge in [0.25, 0.3) is 0 Å². The second-order valence-electron chi connectivity index (χ2n) is 7.66. The summed E-state index contributed by atoms with van der Waals surface area (Å²) in [5, 5.41) is 12.0. The van der Waals surface area contributed by atoms with Crippen LogP contribution in [0.15, 0.2) is 36.4 Å². The summed E-state index contributed by atoms with van der Waals surface area (Å²) in [6.45, 7) is 4.80. The number of methoxy groups -OCH3 is 1. The van der Waals surface area contributed by atoms with Gasteiger partial charge in [-0.1, -0.05) is 11.6 Å². The monoisotopic (exact) mass is 457 g/mol. The zero-order valence-electron chi connectivity index (χ0n) is 18.4. The molecule has 2 aromatic carbocycles. The molecule has 1 saturated heterocycles. The first-order valence-electron chi connectivity index (χ1n) is 10.7. The highest BCUT2D eigenvalue weighted by atomic mass is 35.5. The van der Waals surface area contributed by atoms with Crippen LogP contribution in [0, 0.1) is 11.3 Å². The maximum absolute atomic E-state index is 11.5. The highest BCUT2D eigenvalue weighted by molar-refractivity contribution is 6.32. The molecule has 0 radical (unpaired) electrons. The van der Waals surface area contributed by atoms with Gasteiger partial charge >= 0.3 is 0 Å². The number of nitrogens with zero attached hydrogens (tertiary/aromatic N) is 2. The lowest BCUT2D eigenvalue weighted by atomic mass is 10.1. The van der Waals surface area contributed by atoms with Gasteiger partial charge in [-0.3, -0.25) is 4.79 Å². The van der Waals surface area contributed by atoms with E-state index in [9.17, 15) is 4.79 Å². The van der Waals surface area contributed by atoms with Gasteiger partial charge in [0.2, 0.25) is 5.91 Å². The Morgan fingerprint density at radius 3 is 2.56 bits per heavy atom. The zero-order chi connectivity index (χ0) is 22.9. The quantitative estimate of drug-likeness (QED) is 0.558. The molecule has 1 fully saturated rings. The Labute approximate surface area is 193 Å². The first-order chi connectivity index (χ1) is 15.5. The van der Waals surface area contributed by atoms with E-state index in [1.807, 2.05) is 12.1 Å². The normalized spacial score (nSPS) is 14.4. The van der Waals surface area contributed by atoms with E-state index in [2.05, 4.69) is 16.3 Å². The molecule has 0 bridgehead atoms. The van der Waals surface area contributed by atoms with Crippen LogP contribution in [0.4, 0.5) is 5.69 Å². The van der Waals surface area contributed by atoms with Gasteiger partial charge in [-0.05, 0) is 49.6 Å². The largest absolute Gasteiger partial charge is 0.495 e. The average molecular weight is 458 g/mol. The first-order valence-corrected chi connectivity index (χ1v) is 11.0. The van der Waals surface area contributed by atoms with E-state index in [0.717, 1.165) is 44.6 Å². The zero-order valence-corrected chi connectivity index (χ0v) is 19.2. The third kappa shape index (κ3) is 6.78. The molecule has 2 aromatic rings. The molecule has 1 heterocycles. The molecule has 0 saturated carbocycles. The standard InChI is InChI=1S/C24H28ClN3O4/c1-17(29)27-22-14-21(25)23(30-2)15-24(22)31-13-3-10-28-11-8-20(9-12-28)32-19-6-4-18(16-26)5-7-19/h4-7,14-15,20H,3,8-13H2,1-2H3,(H,27,29). The molecular formula is C24H28ClN3O4. The summed E-state index contributed by atoms with van der Waals surface area (Å²) in [4.78, 5) is 13.9. The molecule has 0 atom stereocenters. The van der Waals surface area contributed by atoms with Crippen LogP contribution in [0.5, 0.6) is 17.2 Å². The van der Waals surface area contributed by atoms with Crippen LogP contribution in [-0.4, -0.2) is 50.3 Å². The van der Waals surface area contributed by atoms with Crippen molar-refractivity contribution in [2.75, 3.05) is 38.7 Å². The van der Waals surface area contributed by atoms with E-state index < -0.39 is 0 Å². The van der Waals surface area contributed by atoms with Gasteiger partial charge in [0.15, 0.2) is 0 Å². The Kier molecular flexibility index (Phi) is 8.60. The number of carbonyl (C=O) groups excluding carboxylic acids is 1. The Morgan fingerprint density at radius 2 is 1.94 bits per heavy atom. The number of anilines is 1. The molecule has 7 nitrogen and oxygen atoms in total. The van der Waals surface area contributed by atoms with E-state index in [4.69, 9.17) is 31.1 Å².